The van der Waals surface area contributed by atoms with Crippen LogP contribution in [0.5, 0.6) is 0 Å². The van der Waals surface area contributed by atoms with E-state index in [2.05, 4.69) is 15.5 Å². The third-order valence-electron chi connectivity index (χ3n) is 1.74. The molecule has 2 heterocycles. The fraction of sp³-hybridized carbons (Fsp3) is 0.111. The number of nitrogens with zero attached hydrogens (tertiary/aromatic N) is 1. The Kier molecular flexibility index (Phi) is 2.47. The molecule has 2 aromatic rings. The molecule has 0 saturated heterocycles. The van der Waals surface area contributed by atoms with Crippen molar-refractivity contribution in [3.63, 3.8) is 0 Å². The summed E-state index contributed by atoms with van der Waals surface area (Å²) >= 11 is 5.54. The molecule has 2 N–H and O–H groups in total. The van der Waals surface area contributed by atoms with Crippen LogP contribution in [0.25, 0.3) is 0 Å². The first kappa shape index (κ1) is 9.79. The van der Waals surface area contributed by atoms with E-state index < -0.39 is 0 Å². The maximum absolute atomic E-state index is 11.5. The number of rotatable bonds is 2. The zero-order valence-electron chi connectivity index (χ0n) is 7.87. The quantitative estimate of drug-likeness (QED) is 0.823. The predicted octanol–water partition coefficient (Wildman–Crippen LogP) is 2.22. The zero-order valence-corrected chi connectivity index (χ0v) is 8.63. The highest BCUT2D eigenvalue weighted by atomic mass is 35.5. The van der Waals surface area contributed by atoms with Crippen LogP contribution in [0.15, 0.2) is 22.6 Å². The van der Waals surface area contributed by atoms with Crippen LogP contribution < -0.4 is 5.32 Å². The van der Waals surface area contributed by atoms with Gasteiger partial charge in [0.1, 0.15) is 0 Å². The van der Waals surface area contributed by atoms with Crippen molar-refractivity contribution in [2.45, 2.75) is 6.92 Å². The number of carbonyl (C=O) groups excluding carboxylic acids is 1. The molecule has 0 aliphatic rings. The van der Waals surface area contributed by atoms with Gasteiger partial charge >= 0.3 is 0 Å². The van der Waals surface area contributed by atoms with Crippen molar-refractivity contribution in [3.05, 3.63) is 34.9 Å². The van der Waals surface area contributed by atoms with Crippen molar-refractivity contribution >= 4 is 23.3 Å². The number of amides is 1. The Morgan fingerprint density at radius 2 is 2.40 bits per heavy atom. The largest absolute Gasteiger partial charge is 0.440 e. The highest BCUT2D eigenvalue weighted by Crippen LogP contribution is 2.14. The minimum atomic E-state index is -0.381. The molecule has 1 amide bonds. The first-order valence-electron chi connectivity index (χ1n) is 4.24. The average Bonchev–Trinajstić information content (AvgIpc) is 2.75. The van der Waals surface area contributed by atoms with E-state index in [-0.39, 0.29) is 16.9 Å². The molecule has 0 aliphatic carbocycles. The van der Waals surface area contributed by atoms with Gasteiger partial charge in [-0.25, -0.2) is 0 Å². The molecular weight excluding hydrogens is 218 g/mol. The van der Waals surface area contributed by atoms with Gasteiger partial charge in [-0.2, -0.15) is 5.10 Å². The number of hydrogen-bond acceptors (Lipinski definition) is 3. The van der Waals surface area contributed by atoms with Crippen LogP contribution in [0, 0.1) is 6.92 Å². The van der Waals surface area contributed by atoms with Crippen molar-refractivity contribution in [2.75, 3.05) is 5.32 Å². The van der Waals surface area contributed by atoms with E-state index in [1.165, 1.54) is 12.1 Å². The molecule has 5 nitrogen and oxygen atoms in total. The zero-order chi connectivity index (χ0) is 10.8. The van der Waals surface area contributed by atoms with Crippen LogP contribution in [-0.2, 0) is 0 Å². The summed E-state index contributed by atoms with van der Waals surface area (Å²) in [5.74, 6) is 0.221. The molecular formula is C9H8ClN3O2. The van der Waals surface area contributed by atoms with Crippen LogP contribution >= 0.6 is 11.6 Å². The standard InChI is InChI=1S/C9H8ClN3O2/c1-5-4-8(13-12-5)11-9(14)6-2-3-7(10)15-6/h2-4H,1H3,(H2,11,12,13,14). The van der Waals surface area contributed by atoms with Gasteiger partial charge in [0.15, 0.2) is 16.8 Å². The molecule has 0 spiro atoms. The first-order chi connectivity index (χ1) is 7.15. The topological polar surface area (TPSA) is 70.9 Å². The van der Waals surface area contributed by atoms with Crippen molar-refractivity contribution < 1.29 is 9.21 Å². The highest BCUT2D eigenvalue weighted by molar-refractivity contribution is 6.29. The van der Waals surface area contributed by atoms with Gasteiger partial charge in [0.2, 0.25) is 0 Å². The van der Waals surface area contributed by atoms with Crippen molar-refractivity contribution in [3.8, 4) is 0 Å². The summed E-state index contributed by atoms with van der Waals surface area (Å²) in [5, 5.41) is 9.30. The van der Waals surface area contributed by atoms with Crippen LogP contribution in [-0.4, -0.2) is 16.1 Å². The molecule has 0 aromatic carbocycles. The van der Waals surface area contributed by atoms with E-state index in [4.69, 9.17) is 16.0 Å². The van der Waals surface area contributed by atoms with Gasteiger partial charge in [0, 0.05) is 11.8 Å². The smallest absolute Gasteiger partial charge is 0.292 e. The van der Waals surface area contributed by atoms with Crippen molar-refractivity contribution in [1.29, 1.82) is 0 Å². The van der Waals surface area contributed by atoms with Gasteiger partial charge < -0.3 is 9.73 Å². The molecule has 0 radical (unpaired) electrons. The SMILES string of the molecule is Cc1cc(NC(=O)c2ccc(Cl)o2)n[nH]1. The number of nitrogens with one attached hydrogen (secondary N) is 2. The summed E-state index contributed by atoms with van der Waals surface area (Å²) in [5.41, 5.74) is 0.864. The molecule has 78 valence electrons. The van der Waals surface area contributed by atoms with Gasteiger partial charge in [0.05, 0.1) is 0 Å². The van der Waals surface area contributed by atoms with Gasteiger partial charge in [-0.3, -0.25) is 9.89 Å². The number of anilines is 1. The number of aromatic nitrogens is 2. The lowest BCUT2D eigenvalue weighted by atomic mass is 10.4. The van der Waals surface area contributed by atoms with Gasteiger partial charge in [0.25, 0.3) is 5.91 Å². The third kappa shape index (κ3) is 2.19. The van der Waals surface area contributed by atoms with Crippen LogP contribution in [0.1, 0.15) is 16.2 Å². The molecule has 0 aliphatic heterocycles. The van der Waals surface area contributed by atoms with E-state index >= 15 is 0 Å². The Morgan fingerprint density at radius 3 is 2.93 bits per heavy atom. The van der Waals surface area contributed by atoms with Crippen LogP contribution in [0.2, 0.25) is 5.22 Å². The van der Waals surface area contributed by atoms with Crippen molar-refractivity contribution in [2.24, 2.45) is 0 Å². The minimum Gasteiger partial charge on any atom is -0.440 e. The summed E-state index contributed by atoms with van der Waals surface area (Å²) in [6.45, 7) is 1.84. The second kappa shape index (κ2) is 3.78. The number of carbonyl (C=O) groups is 1. The summed E-state index contributed by atoms with van der Waals surface area (Å²) in [7, 11) is 0. The summed E-state index contributed by atoms with van der Waals surface area (Å²) in [6, 6.07) is 4.71. The van der Waals surface area contributed by atoms with E-state index in [0.29, 0.717) is 5.82 Å². The molecule has 2 rings (SSSR count). The van der Waals surface area contributed by atoms with Gasteiger partial charge in [-0.15, -0.1) is 0 Å². The fourth-order valence-corrected chi connectivity index (χ4v) is 1.24. The average molecular weight is 226 g/mol. The monoisotopic (exact) mass is 225 g/mol. The van der Waals surface area contributed by atoms with E-state index in [0.717, 1.165) is 5.69 Å². The Morgan fingerprint density at radius 1 is 1.60 bits per heavy atom. The normalized spacial score (nSPS) is 10.3. The number of furan rings is 1. The number of hydrogen-bond donors (Lipinski definition) is 2. The number of H-pyrrole nitrogens is 1. The summed E-state index contributed by atoms with van der Waals surface area (Å²) < 4.78 is 4.94. The lowest BCUT2D eigenvalue weighted by Crippen LogP contribution is -2.10. The second-order valence-electron chi connectivity index (χ2n) is 2.99. The Hall–Kier alpha value is -1.75. The molecule has 0 saturated carbocycles. The third-order valence-corrected chi connectivity index (χ3v) is 1.95. The summed E-state index contributed by atoms with van der Waals surface area (Å²) in [4.78, 5) is 11.5. The molecule has 15 heavy (non-hydrogen) atoms. The summed E-state index contributed by atoms with van der Waals surface area (Å²) in [6.07, 6.45) is 0. The molecule has 0 bridgehead atoms. The molecule has 6 heteroatoms. The number of aromatic amines is 1. The Balaban J connectivity index is 2.10. The maximum atomic E-state index is 11.5. The van der Waals surface area contributed by atoms with Crippen LogP contribution in [0.4, 0.5) is 5.82 Å². The Labute approximate surface area is 90.4 Å². The van der Waals surface area contributed by atoms with Crippen LogP contribution in [0.3, 0.4) is 0 Å². The van der Waals surface area contributed by atoms with Gasteiger partial charge in [-0.05, 0) is 30.7 Å². The number of aryl methyl sites for hydroxylation is 1. The molecule has 2 aromatic heterocycles. The van der Waals surface area contributed by atoms with E-state index in [9.17, 15) is 4.79 Å². The van der Waals surface area contributed by atoms with Crippen molar-refractivity contribution in [1.82, 2.24) is 10.2 Å². The molecule has 0 unspecified atom stereocenters. The van der Waals surface area contributed by atoms with E-state index in [1.807, 2.05) is 6.92 Å². The molecule has 0 atom stereocenters. The maximum Gasteiger partial charge on any atom is 0.292 e. The fourth-order valence-electron chi connectivity index (χ4n) is 1.10. The lowest BCUT2D eigenvalue weighted by molar-refractivity contribution is 0.0996. The lowest BCUT2D eigenvalue weighted by Gasteiger charge is -1.96. The van der Waals surface area contributed by atoms with Gasteiger partial charge in [-0.1, -0.05) is 0 Å². The molecule has 0 fully saturated rings. The first-order valence-corrected chi connectivity index (χ1v) is 4.61. The highest BCUT2D eigenvalue weighted by Gasteiger charge is 2.11. The minimum absolute atomic E-state index is 0.153. The number of halogens is 1. The predicted molar refractivity (Wildman–Crippen MR) is 55.0 cm³/mol. The Bertz CT molecular complexity index is 489. The van der Waals surface area contributed by atoms with E-state index in [1.54, 1.807) is 6.07 Å². The second-order valence-corrected chi connectivity index (χ2v) is 3.37.